The van der Waals surface area contributed by atoms with E-state index in [2.05, 4.69) is 4.98 Å². The molecule has 0 amide bonds. The minimum Gasteiger partial charge on any atom is -0.393 e. The number of rotatable bonds is 3. The first kappa shape index (κ1) is 12.9. The van der Waals surface area contributed by atoms with Gasteiger partial charge in [0.25, 0.3) is 6.43 Å². The van der Waals surface area contributed by atoms with Gasteiger partial charge in [-0.25, -0.2) is 13.6 Å². The summed E-state index contributed by atoms with van der Waals surface area (Å²) in [6, 6.07) is 1.38. The number of aliphatic hydroxyl groups excluding tert-OH is 1. The quantitative estimate of drug-likeness (QED) is 0.807. The third-order valence-electron chi connectivity index (χ3n) is 3.01. The monoisotopic (exact) mass is 261 g/mol. The number of anilines is 1. The Morgan fingerprint density at radius 2 is 2.44 bits per heavy atom. The van der Waals surface area contributed by atoms with Crippen LogP contribution in [-0.2, 0) is 4.74 Å². The van der Waals surface area contributed by atoms with Crippen LogP contribution in [-0.4, -0.2) is 33.3 Å². The van der Waals surface area contributed by atoms with Crippen LogP contribution >= 0.6 is 0 Å². The SMILES string of the molecule is Nc1ccn(C2CCC(CO)(C(F)F)O2)c(=O)n1. The third-order valence-corrected chi connectivity index (χ3v) is 3.01. The molecule has 0 spiro atoms. The molecule has 1 aromatic rings. The fourth-order valence-electron chi connectivity index (χ4n) is 1.94. The molecule has 1 fully saturated rings. The second-order valence-electron chi connectivity index (χ2n) is 4.18. The largest absolute Gasteiger partial charge is 0.393 e. The molecule has 6 nitrogen and oxygen atoms in total. The van der Waals surface area contributed by atoms with Crippen molar-refractivity contribution in [2.45, 2.75) is 31.1 Å². The van der Waals surface area contributed by atoms with Crippen molar-refractivity contribution in [2.24, 2.45) is 0 Å². The summed E-state index contributed by atoms with van der Waals surface area (Å²) in [6.45, 7) is -0.793. The summed E-state index contributed by atoms with van der Waals surface area (Å²) in [5, 5.41) is 9.04. The number of hydrogen-bond acceptors (Lipinski definition) is 5. The van der Waals surface area contributed by atoms with E-state index in [4.69, 9.17) is 15.6 Å². The molecule has 3 N–H and O–H groups in total. The number of nitrogens with two attached hydrogens (primary N) is 1. The van der Waals surface area contributed by atoms with Crippen LogP contribution < -0.4 is 11.4 Å². The van der Waals surface area contributed by atoms with E-state index in [-0.39, 0.29) is 18.7 Å². The Morgan fingerprint density at radius 1 is 1.72 bits per heavy atom. The van der Waals surface area contributed by atoms with E-state index in [1.165, 1.54) is 12.3 Å². The minimum absolute atomic E-state index is 0.0251. The number of halogens is 2. The van der Waals surface area contributed by atoms with Crippen LogP contribution in [0, 0.1) is 0 Å². The number of ether oxygens (including phenoxy) is 1. The van der Waals surface area contributed by atoms with Crippen LogP contribution in [0.15, 0.2) is 17.1 Å². The van der Waals surface area contributed by atoms with Crippen molar-refractivity contribution in [3.8, 4) is 0 Å². The van der Waals surface area contributed by atoms with E-state index in [0.29, 0.717) is 0 Å². The van der Waals surface area contributed by atoms with E-state index >= 15 is 0 Å². The lowest BCUT2D eigenvalue weighted by Gasteiger charge is -2.26. The topological polar surface area (TPSA) is 90.4 Å². The first-order valence-electron chi connectivity index (χ1n) is 5.40. The van der Waals surface area contributed by atoms with Gasteiger partial charge in [-0.05, 0) is 18.9 Å². The summed E-state index contributed by atoms with van der Waals surface area (Å²) in [7, 11) is 0. The van der Waals surface area contributed by atoms with Crippen molar-refractivity contribution >= 4 is 5.82 Å². The van der Waals surface area contributed by atoms with E-state index in [9.17, 15) is 13.6 Å². The molecule has 0 bridgehead atoms. The van der Waals surface area contributed by atoms with Crippen molar-refractivity contribution in [3.05, 3.63) is 22.7 Å². The highest BCUT2D eigenvalue weighted by atomic mass is 19.3. The summed E-state index contributed by atoms with van der Waals surface area (Å²) in [4.78, 5) is 15.0. The lowest BCUT2D eigenvalue weighted by molar-refractivity contribution is -0.169. The standard InChI is InChI=1S/C10H13F2N3O3/c11-8(12)10(5-16)3-1-7(18-10)15-4-2-6(13)14-9(15)17/h2,4,7-8,16H,1,3,5H2,(H2,13,14,17). The van der Waals surface area contributed by atoms with Crippen molar-refractivity contribution in [1.82, 2.24) is 9.55 Å². The highest BCUT2D eigenvalue weighted by Crippen LogP contribution is 2.39. The fourth-order valence-corrected chi connectivity index (χ4v) is 1.94. The number of nitrogen functional groups attached to an aromatic ring is 1. The summed E-state index contributed by atoms with van der Waals surface area (Å²) in [5.41, 5.74) is 2.77. The molecule has 2 heterocycles. The van der Waals surface area contributed by atoms with E-state index in [0.717, 1.165) is 4.57 Å². The maximum absolute atomic E-state index is 12.8. The average Bonchev–Trinajstić information content (AvgIpc) is 2.74. The summed E-state index contributed by atoms with van der Waals surface area (Å²) < 4.78 is 31.9. The van der Waals surface area contributed by atoms with Gasteiger partial charge in [0.2, 0.25) is 0 Å². The molecule has 1 aromatic heterocycles. The Labute approximate surface area is 101 Å². The molecule has 0 aliphatic carbocycles. The molecule has 8 heteroatoms. The maximum Gasteiger partial charge on any atom is 0.351 e. The highest BCUT2D eigenvalue weighted by molar-refractivity contribution is 5.23. The summed E-state index contributed by atoms with van der Waals surface area (Å²) >= 11 is 0. The normalized spacial score (nSPS) is 27.9. The molecule has 0 saturated carbocycles. The van der Waals surface area contributed by atoms with Crippen molar-refractivity contribution in [2.75, 3.05) is 12.3 Å². The first-order chi connectivity index (χ1) is 8.48. The first-order valence-corrected chi connectivity index (χ1v) is 5.40. The Bertz CT molecular complexity index is 494. The zero-order valence-electron chi connectivity index (χ0n) is 9.42. The zero-order valence-corrected chi connectivity index (χ0v) is 9.42. The van der Waals surface area contributed by atoms with Crippen molar-refractivity contribution < 1.29 is 18.6 Å². The molecule has 1 aliphatic heterocycles. The van der Waals surface area contributed by atoms with Gasteiger partial charge in [-0.1, -0.05) is 0 Å². The molecule has 18 heavy (non-hydrogen) atoms. The van der Waals surface area contributed by atoms with E-state index in [1.54, 1.807) is 0 Å². The number of aromatic nitrogens is 2. The average molecular weight is 261 g/mol. The van der Waals surface area contributed by atoms with Crippen molar-refractivity contribution in [1.29, 1.82) is 0 Å². The number of alkyl halides is 2. The van der Waals surface area contributed by atoms with Gasteiger partial charge in [-0.3, -0.25) is 4.57 Å². The Morgan fingerprint density at radius 3 is 2.94 bits per heavy atom. The Balaban J connectivity index is 2.25. The number of nitrogens with zero attached hydrogens (tertiary/aromatic N) is 2. The van der Waals surface area contributed by atoms with Crippen LogP contribution in [0.25, 0.3) is 0 Å². The molecular weight excluding hydrogens is 248 g/mol. The third kappa shape index (κ3) is 2.08. The maximum atomic E-state index is 12.8. The van der Waals surface area contributed by atoms with Crippen LogP contribution in [0.3, 0.4) is 0 Å². The van der Waals surface area contributed by atoms with Gasteiger partial charge in [0, 0.05) is 6.20 Å². The van der Waals surface area contributed by atoms with E-state index < -0.39 is 30.6 Å². The minimum atomic E-state index is -2.81. The van der Waals surface area contributed by atoms with E-state index in [1.807, 2.05) is 0 Å². The molecule has 1 saturated heterocycles. The number of aliphatic hydroxyl groups is 1. The predicted octanol–water partition coefficient (Wildman–Crippen LogP) is 0.131. The van der Waals surface area contributed by atoms with Crippen molar-refractivity contribution in [3.63, 3.8) is 0 Å². The molecule has 2 unspecified atom stereocenters. The molecule has 2 rings (SSSR count). The summed E-state index contributed by atoms with van der Waals surface area (Å²) in [5.74, 6) is 0.0523. The smallest absolute Gasteiger partial charge is 0.351 e. The van der Waals surface area contributed by atoms with Gasteiger partial charge in [-0.15, -0.1) is 0 Å². The summed E-state index contributed by atoms with van der Waals surface area (Å²) in [6.07, 6.45) is -2.15. The fraction of sp³-hybridized carbons (Fsp3) is 0.600. The Kier molecular flexibility index (Phi) is 3.31. The second kappa shape index (κ2) is 4.62. The molecule has 100 valence electrons. The zero-order chi connectivity index (χ0) is 13.3. The molecule has 0 radical (unpaired) electrons. The van der Waals surface area contributed by atoms with Gasteiger partial charge in [-0.2, -0.15) is 4.98 Å². The van der Waals surface area contributed by atoms with Gasteiger partial charge in [0.1, 0.15) is 12.0 Å². The highest BCUT2D eigenvalue weighted by Gasteiger charge is 2.48. The molecule has 2 atom stereocenters. The van der Waals surface area contributed by atoms with Crippen LogP contribution in [0.1, 0.15) is 19.1 Å². The van der Waals surface area contributed by atoms with Gasteiger partial charge >= 0.3 is 5.69 Å². The van der Waals surface area contributed by atoms with Gasteiger partial charge in [0.15, 0.2) is 5.60 Å². The predicted molar refractivity (Wildman–Crippen MR) is 58.1 cm³/mol. The number of hydrogen-bond donors (Lipinski definition) is 2. The molecule has 0 aromatic carbocycles. The molecule has 1 aliphatic rings. The lowest BCUT2D eigenvalue weighted by atomic mass is 10.0. The molecular formula is C10H13F2N3O3. The van der Waals surface area contributed by atoms with Crippen LogP contribution in [0.5, 0.6) is 0 Å². The van der Waals surface area contributed by atoms with Crippen LogP contribution in [0.4, 0.5) is 14.6 Å². The van der Waals surface area contributed by atoms with Gasteiger partial charge < -0.3 is 15.6 Å². The lowest BCUT2D eigenvalue weighted by Crippen LogP contribution is -2.41. The van der Waals surface area contributed by atoms with Crippen LogP contribution in [0.2, 0.25) is 0 Å². The Hall–Kier alpha value is -1.54. The van der Waals surface area contributed by atoms with Gasteiger partial charge in [0.05, 0.1) is 6.61 Å². The second-order valence-corrected chi connectivity index (χ2v) is 4.18.